The number of aromatic nitrogens is 2. The van der Waals surface area contributed by atoms with E-state index in [0.29, 0.717) is 11.6 Å². The van der Waals surface area contributed by atoms with Crippen LogP contribution in [0.4, 0.5) is 0 Å². The number of hydrogen-bond acceptors (Lipinski definition) is 3. The van der Waals surface area contributed by atoms with E-state index in [-0.39, 0.29) is 5.91 Å². The van der Waals surface area contributed by atoms with Gasteiger partial charge >= 0.3 is 0 Å². The number of likely N-dealkylation sites (tertiary alicyclic amines) is 1. The number of hydrogen-bond donors (Lipinski definition) is 1. The van der Waals surface area contributed by atoms with Crippen molar-refractivity contribution in [2.45, 2.75) is 13.8 Å². The Bertz CT molecular complexity index is 420. The molecule has 0 unspecified atom stereocenters. The van der Waals surface area contributed by atoms with Crippen LogP contribution in [0.15, 0.2) is 0 Å². The first-order chi connectivity index (χ1) is 7.99. The number of carbonyl (C=O) groups is 1. The Balaban J connectivity index is 1.97. The third kappa shape index (κ3) is 2.34. The van der Waals surface area contributed by atoms with Crippen molar-refractivity contribution in [2.24, 2.45) is 5.92 Å². The van der Waals surface area contributed by atoms with Crippen molar-refractivity contribution in [1.29, 1.82) is 0 Å². The highest BCUT2D eigenvalue weighted by molar-refractivity contribution is 5.93. The summed E-state index contributed by atoms with van der Waals surface area (Å²) in [4.78, 5) is 16.2. The summed E-state index contributed by atoms with van der Waals surface area (Å²) in [7, 11) is 3.95. The molecule has 0 aromatic carbocycles. The Morgan fingerprint density at radius 1 is 1.53 bits per heavy atom. The van der Waals surface area contributed by atoms with Crippen molar-refractivity contribution in [3.05, 3.63) is 17.0 Å². The van der Waals surface area contributed by atoms with E-state index in [1.807, 2.05) is 20.9 Å². The van der Waals surface area contributed by atoms with E-state index >= 15 is 0 Å². The molecule has 0 spiro atoms. The number of H-pyrrole nitrogens is 1. The third-order valence-corrected chi connectivity index (χ3v) is 3.47. The summed E-state index contributed by atoms with van der Waals surface area (Å²) < 4.78 is 0. The van der Waals surface area contributed by atoms with Crippen molar-refractivity contribution in [2.75, 3.05) is 33.7 Å². The van der Waals surface area contributed by atoms with E-state index in [4.69, 9.17) is 0 Å². The molecule has 1 amide bonds. The van der Waals surface area contributed by atoms with Crippen molar-refractivity contribution in [3.8, 4) is 0 Å². The second-order valence-corrected chi connectivity index (χ2v) is 5.10. The molecule has 1 aromatic rings. The SMILES string of the molecule is Cc1[nH]nc(C(=O)N(C)CC2CN(C)C2)c1C. The fraction of sp³-hybridized carbons (Fsp3) is 0.667. The predicted octanol–water partition coefficient (Wildman–Crippen LogP) is 0.660. The number of nitrogens with zero attached hydrogens (tertiary/aromatic N) is 3. The maximum absolute atomic E-state index is 12.2. The second kappa shape index (κ2) is 4.49. The number of aryl methyl sites for hydroxylation is 1. The highest BCUT2D eigenvalue weighted by Gasteiger charge is 2.27. The summed E-state index contributed by atoms with van der Waals surface area (Å²) in [6.07, 6.45) is 0. The van der Waals surface area contributed by atoms with Gasteiger partial charge in [0.05, 0.1) is 0 Å². The first-order valence-corrected chi connectivity index (χ1v) is 5.94. The van der Waals surface area contributed by atoms with Gasteiger partial charge in [-0.25, -0.2) is 0 Å². The molecule has 0 aliphatic carbocycles. The fourth-order valence-corrected chi connectivity index (χ4v) is 2.29. The topological polar surface area (TPSA) is 52.2 Å². The number of rotatable bonds is 3. The van der Waals surface area contributed by atoms with E-state index in [0.717, 1.165) is 30.9 Å². The lowest BCUT2D eigenvalue weighted by Crippen LogP contribution is -2.49. The Morgan fingerprint density at radius 2 is 2.18 bits per heavy atom. The average molecular weight is 236 g/mol. The van der Waals surface area contributed by atoms with E-state index in [1.54, 1.807) is 4.90 Å². The molecule has 1 aliphatic heterocycles. The smallest absolute Gasteiger partial charge is 0.274 e. The molecule has 94 valence electrons. The van der Waals surface area contributed by atoms with Crippen LogP contribution >= 0.6 is 0 Å². The molecule has 5 nitrogen and oxygen atoms in total. The zero-order valence-electron chi connectivity index (χ0n) is 10.9. The first kappa shape index (κ1) is 12.1. The summed E-state index contributed by atoms with van der Waals surface area (Å²) in [6, 6.07) is 0. The monoisotopic (exact) mass is 236 g/mol. The molecule has 0 saturated carbocycles. The normalized spacial score (nSPS) is 16.9. The fourth-order valence-electron chi connectivity index (χ4n) is 2.29. The van der Waals surface area contributed by atoms with Gasteiger partial charge in [-0.3, -0.25) is 9.89 Å². The lowest BCUT2D eigenvalue weighted by molar-refractivity contribution is 0.0640. The van der Waals surface area contributed by atoms with Crippen LogP contribution in [0.5, 0.6) is 0 Å². The minimum absolute atomic E-state index is 0.0152. The molecule has 0 radical (unpaired) electrons. The Labute approximate surface area is 102 Å². The molecule has 1 N–H and O–H groups in total. The van der Waals surface area contributed by atoms with Gasteiger partial charge in [0.25, 0.3) is 5.91 Å². The summed E-state index contributed by atoms with van der Waals surface area (Å²) in [5, 5.41) is 6.93. The maximum atomic E-state index is 12.2. The van der Waals surface area contributed by atoms with Gasteiger partial charge in [0.15, 0.2) is 5.69 Å². The molecule has 1 saturated heterocycles. The highest BCUT2D eigenvalue weighted by atomic mass is 16.2. The first-order valence-electron chi connectivity index (χ1n) is 5.94. The Morgan fingerprint density at radius 3 is 2.65 bits per heavy atom. The van der Waals surface area contributed by atoms with Crippen LogP contribution < -0.4 is 0 Å². The van der Waals surface area contributed by atoms with Crippen LogP contribution in [-0.2, 0) is 0 Å². The highest BCUT2D eigenvalue weighted by Crippen LogP contribution is 2.16. The molecule has 1 aliphatic rings. The zero-order chi connectivity index (χ0) is 12.6. The van der Waals surface area contributed by atoms with Crippen molar-refractivity contribution < 1.29 is 4.79 Å². The molecule has 1 fully saturated rings. The molecule has 5 heteroatoms. The molecular formula is C12H20N4O. The molecule has 0 bridgehead atoms. The lowest BCUT2D eigenvalue weighted by Gasteiger charge is -2.38. The number of aromatic amines is 1. The Kier molecular flexibility index (Phi) is 3.19. The van der Waals surface area contributed by atoms with E-state index < -0.39 is 0 Å². The number of nitrogens with one attached hydrogen (secondary N) is 1. The van der Waals surface area contributed by atoms with Gasteiger partial charge in [-0.2, -0.15) is 5.10 Å². The van der Waals surface area contributed by atoms with Crippen molar-refractivity contribution in [3.63, 3.8) is 0 Å². The van der Waals surface area contributed by atoms with E-state index in [2.05, 4.69) is 22.1 Å². The second-order valence-electron chi connectivity index (χ2n) is 5.10. The summed E-state index contributed by atoms with van der Waals surface area (Å²) in [6.45, 7) is 6.83. The molecule has 17 heavy (non-hydrogen) atoms. The predicted molar refractivity (Wildman–Crippen MR) is 66.0 cm³/mol. The lowest BCUT2D eigenvalue weighted by atomic mass is 10.0. The molecule has 0 atom stereocenters. The zero-order valence-corrected chi connectivity index (χ0v) is 10.9. The van der Waals surface area contributed by atoms with Gasteiger partial charge < -0.3 is 9.80 Å². The van der Waals surface area contributed by atoms with Gasteiger partial charge in [-0.15, -0.1) is 0 Å². The van der Waals surface area contributed by atoms with Gasteiger partial charge in [-0.05, 0) is 20.9 Å². The molecule has 1 aromatic heterocycles. The van der Waals surface area contributed by atoms with Crippen LogP contribution in [0.25, 0.3) is 0 Å². The summed E-state index contributed by atoms with van der Waals surface area (Å²) >= 11 is 0. The standard InChI is InChI=1S/C12H20N4O/c1-8-9(2)13-14-11(8)12(17)16(4)7-10-5-15(3)6-10/h10H,5-7H2,1-4H3,(H,13,14). The molecule has 2 heterocycles. The largest absolute Gasteiger partial charge is 0.340 e. The summed E-state index contributed by atoms with van der Waals surface area (Å²) in [5.41, 5.74) is 2.47. The van der Waals surface area contributed by atoms with E-state index in [1.165, 1.54) is 0 Å². The third-order valence-electron chi connectivity index (χ3n) is 3.47. The van der Waals surface area contributed by atoms with Crippen LogP contribution in [-0.4, -0.2) is 59.6 Å². The Hall–Kier alpha value is -1.36. The van der Waals surface area contributed by atoms with Gasteiger partial charge in [0, 0.05) is 43.9 Å². The molecular weight excluding hydrogens is 216 g/mol. The van der Waals surface area contributed by atoms with Gasteiger partial charge in [0.1, 0.15) is 0 Å². The van der Waals surface area contributed by atoms with Crippen LogP contribution in [0.1, 0.15) is 21.7 Å². The summed E-state index contributed by atoms with van der Waals surface area (Å²) in [5.74, 6) is 0.621. The minimum atomic E-state index is 0.0152. The van der Waals surface area contributed by atoms with Gasteiger partial charge in [-0.1, -0.05) is 0 Å². The number of carbonyl (C=O) groups excluding carboxylic acids is 1. The average Bonchev–Trinajstić information content (AvgIpc) is 2.56. The van der Waals surface area contributed by atoms with Crippen molar-refractivity contribution >= 4 is 5.91 Å². The molecule has 2 rings (SSSR count). The van der Waals surface area contributed by atoms with Crippen molar-refractivity contribution in [1.82, 2.24) is 20.0 Å². The minimum Gasteiger partial charge on any atom is -0.340 e. The number of amides is 1. The van der Waals surface area contributed by atoms with Crippen LogP contribution in [0, 0.1) is 19.8 Å². The quantitative estimate of drug-likeness (QED) is 0.839. The van der Waals surface area contributed by atoms with Crippen LogP contribution in [0.3, 0.4) is 0 Å². The van der Waals surface area contributed by atoms with Gasteiger partial charge in [0.2, 0.25) is 0 Å². The maximum Gasteiger partial charge on any atom is 0.274 e. The van der Waals surface area contributed by atoms with E-state index in [9.17, 15) is 4.79 Å². The van der Waals surface area contributed by atoms with Crippen LogP contribution in [0.2, 0.25) is 0 Å².